The van der Waals surface area contributed by atoms with Gasteiger partial charge in [0.2, 0.25) is 6.49 Å². The van der Waals surface area contributed by atoms with Crippen LogP contribution < -0.4 is 5.30 Å². The molecule has 0 aromatic heterocycles. The highest BCUT2D eigenvalue weighted by Gasteiger charge is 2.20. The van der Waals surface area contributed by atoms with Gasteiger partial charge in [0.25, 0.3) is 0 Å². The number of hydrogen-bond acceptors (Lipinski definition) is 4. The molecule has 0 unspecified atom stereocenters. The molecule has 16 heavy (non-hydrogen) atoms. The lowest BCUT2D eigenvalue weighted by atomic mass is 10.2. The minimum absolute atomic E-state index is 0.525. The Hall–Kier alpha value is -0.720. The molecule has 0 heterocycles. The fourth-order valence-corrected chi connectivity index (χ4v) is 3.81. The smallest absolute Gasteiger partial charge is 0.219 e. The SMILES string of the molecule is CCOP(=S)(OCC)c1ccc(C#N)cc1. The average Bonchev–Trinajstić information content (AvgIpc) is 2.30. The van der Waals surface area contributed by atoms with Crippen LogP contribution in [0.3, 0.4) is 0 Å². The summed E-state index contributed by atoms with van der Waals surface area (Å²) >= 11 is 5.43. The molecule has 1 aromatic rings. The van der Waals surface area contributed by atoms with Crippen LogP contribution in [-0.2, 0) is 20.9 Å². The van der Waals surface area contributed by atoms with Crippen molar-refractivity contribution in [2.45, 2.75) is 13.8 Å². The van der Waals surface area contributed by atoms with E-state index in [1.54, 1.807) is 12.1 Å². The summed E-state index contributed by atoms with van der Waals surface area (Å²) in [5.74, 6) is 0. The highest BCUT2D eigenvalue weighted by Crippen LogP contribution is 2.47. The minimum Gasteiger partial charge on any atom is -0.326 e. The fourth-order valence-electron chi connectivity index (χ4n) is 1.24. The van der Waals surface area contributed by atoms with Crippen LogP contribution in [0.2, 0.25) is 0 Å². The van der Waals surface area contributed by atoms with Crippen LogP contribution in [0.1, 0.15) is 19.4 Å². The third-order valence-electron chi connectivity index (χ3n) is 1.91. The third kappa shape index (κ3) is 3.13. The first-order valence-corrected chi connectivity index (χ1v) is 7.70. The zero-order chi connectivity index (χ0) is 12.0. The van der Waals surface area contributed by atoms with Crippen molar-refractivity contribution in [1.29, 1.82) is 5.26 Å². The molecule has 3 nitrogen and oxygen atoms in total. The van der Waals surface area contributed by atoms with Crippen LogP contribution >= 0.6 is 6.49 Å². The van der Waals surface area contributed by atoms with Crippen molar-refractivity contribution in [3.05, 3.63) is 29.8 Å². The quantitative estimate of drug-likeness (QED) is 0.758. The van der Waals surface area contributed by atoms with E-state index in [1.165, 1.54) is 0 Å². The van der Waals surface area contributed by atoms with Crippen molar-refractivity contribution >= 4 is 23.6 Å². The first kappa shape index (κ1) is 13.3. The third-order valence-corrected chi connectivity index (χ3v) is 5.30. The molecule has 0 N–H and O–H groups in total. The molecule has 0 atom stereocenters. The first-order chi connectivity index (χ1) is 7.66. The van der Waals surface area contributed by atoms with Gasteiger partial charge in [0.15, 0.2) is 0 Å². The van der Waals surface area contributed by atoms with Crippen LogP contribution in [0, 0.1) is 11.3 Å². The molecule has 5 heteroatoms. The number of benzene rings is 1. The van der Waals surface area contributed by atoms with Gasteiger partial charge in [-0.05, 0) is 49.9 Å². The number of hydrogen-bond donors (Lipinski definition) is 0. The molecule has 1 aromatic carbocycles. The van der Waals surface area contributed by atoms with E-state index in [1.807, 2.05) is 26.0 Å². The Morgan fingerprint density at radius 3 is 2.06 bits per heavy atom. The van der Waals surface area contributed by atoms with Gasteiger partial charge in [0.05, 0.1) is 24.8 Å². The molecule has 0 saturated carbocycles. The van der Waals surface area contributed by atoms with Gasteiger partial charge in [-0.1, -0.05) is 0 Å². The molecule has 0 saturated heterocycles. The van der Waals surface area contributed by atoms with E-state index >= 15 is 0 Å². The molecule has 0 amide bonds. The van der Waals surface area contributed by atoms with Crippen molar-refractivity contribution < 1.29 is 9.05 Å². The summed E-state index contributed by atoms with van der Waals surface area (Å²) in [6.45, 7) is 2.46. The highest BCUT2D eigenvalue weighted by atomic mass is 32.5. The fraction of sp³-hybridized carbons (Fsp3) is 0.364. The van der Waals surface area contributed by atoms with E-state index in [0.29, 0.717) is 18.8 Å². The van der Waals surface area contributed by atoms with Crippen molar-refractivity contribution in [1.82, 2.24) is 0 Å². The second kappa shape index (κ2) is 6.12. The van der Waals surface area contributed by atoms with Gasteiger partial charge >= 0.3 is 0 Å². The Kier molecular flexibility index (Phi) is 5.11. The highest BCUT2D eigenvalue weighted by molar-refractivity contribution is 8.13. The number of nitrogens with zero attached hydrogens (tertiary/aromatic N) is 1. The molecule has 0 radical (unpaired) electrons. The van der Waals surface area contributed by atoms with E-state index in [-0.39, 0.29) is 0 Å². The Morgan fingerprint density at radius 1 is 1.19 bits per heavy atom. The van der Waals surface area contributed by atoms with Crippen LogP contribution in [0.5, 0.6) is 0 Å². The van der Waals surface area contributed by atoms with Crippen LogP contribution in [-0.4, -0.2) is 13.2 Å². The van der Waals surface area contributed by atoms with Gasteiger partial charge in [0, 0.05) is 5.30 Å². The normalized spacial score (nSPS) is 11.1. The summed E-state index contributed by atoms with van der Waals surface area (Å²) in [4.78, 5) is 0. The lowest BCUT2D eigenvalue weighted by Crippen LogP contribution is -2.10. The van der Waals surface area contributed by atoms with E-state index < -0.39 is 6.49 Å². The van der Waals surface area contributed by atoms with Crippen molar-refractivity contribution in [3.63, 3.8) is 0 Å². The molecule has 0 fully saturated rings. The van der Waals surface area contributed by atoms with Gasteiger partial charge in [-0.15, -0.1) is 0 Å². The average molecular weight is 255 g/mol. The zero-order valence-electron chi connectivity index (χ0n) is 9.34. The summed E-state index contributed by atoms with van der Waals surface area (Å²) in [7, 11) is 0. The first-order valence-electron chi connectivity index (χ1n) is 5.06. The standard InChI is InChI=1S/C11H14NO2PS/c1-3-13-15(16,14-4-2)11-7-5-10(9-12)6-8-11/h5-8H,3-4H2,1-2H3. The van der Waals surface area contributed by atoms with Crippen LogP contribution in [0.15, 0.2) is 24.3 Å². The summed E-state index contributed by atoms with van der Waals surface area (Å²) in [5.41, 5.74) is 0.610. The Morgan fingerprint density at radius 2 is 1.69 bits per heavy atom. The van der Waals surface area contributed by atoms with E-state index in [2.05, 4.69) is 6.07 Å². The molecule has 0 aliphatic heterocycles. The lowest BCUT2D eigenvalue weighted by molar-refractivity contribution is 0.275. The van der Waals surface area contributed by atoms with Gasteiger partial charge < -0.3 is 9.05 Å². The van der Waals surface area contributed by atoms with Gasteiger partial charge in [-0.2, -0.15) is 5.26 Å². The van der Waals surface area contributed by atoms with Crippen molar-refractivity contribution in [2.24, 2.45) is 0 Å². The van der Waals surface area contributed by atoms with E-state index in [9.17, 15) is 0 Å². The molecule has 0 spiro atoms. The summed E-state index contributed by atoms with van der Waals surface area (Å²) in [6.07, 6.45) is 0. The van der Waals surface area contributed by atoms with Gasteiger partial charge in [-0.3, -0.25) is 0 Å². The maximum Gasteiger partial charge on any atom is 0.219 e. The number of nitriles is 1. The molecular formula is C11H14NO2PS. The second-order valence-corrected chi connectivity index (χ2v) is 6.46. The summed E-state index contributed by atoms with van der Waals surface area (Å²) in [6, 6.07) is 9.15. The summed E-state index contributed by atoms with van der Waals surface area (Å²) in [5, 5.41) is 9.56. The predicted molar refractivity (Wildman–Crippen MR) is 68.3 cm³/mol. The van der Waals surface area contributed by atoms with Crippen LogP contribution in [0.25, 0.3) is 0 Å². The second-order valence-electron chi connectivity index (χ2n) is 2.99. The van der Waals surface area contributed by atoms with E-state index in [0.717, 1.165) is 5.30 Å². The van der Waals surface area contributed by atoms with Crippen LogP contribution in [0.4, 0.5) is 0 Å². The van der Waals surface area contributed by atoms with E-state index in [4.69, 9.17) is 26.1 Å². The summed E-state index contributed by atoms with van der Waals surface area (Å²) < 4.78 is 11.1. The maximum atomic E-state index is 8.71. The number of rotatable bonds is 5. The Balaban J connectivity index is 3.02. The minimum atomic E-state index is -2.38. The molecule has 0 aliphatic rings. The maximum absolute atomic E-state index is 8.71. The van der Waals surface area contributed by atoms with Gasteiger partial charge in [0.1, 0.15) is 0 Å². The monoisotopic (exact) mass is 255 g/mol. The largest absolute Gasteiger partial charge is 0.326 e. The van der Waals surface area contributed by atoms with Crippen molar-refractivity contribution in [2.75, 3.05) is 13.2 Å². The zero-order valence-corrected chi connectivity index (χ0v) is 11.1. The molecule has 0 aliphatic carbocycles. The Bertz CT molecular complexity index is 415. The molecule has 1 rings (SSSR count). The van der Waals surface area contributed by atoms with Gasteiger partial charge in [-0.25, -0.2) is 0 Å². The predicted octanol–water partition coefficient (Wildman–Crippen LogP) is 2.57. The molecule has 86 valence electrons. The van der Waals surface area contributed by atoms with Crippen molar-refractivity contribution in [3.8, 4) is 6.07 Å². The Labute approximate surface area is 101 Å². The topological polar surface area (TPSA) is 42.2 Å². The molecule has 0 bridgehead atoms. The molecular weight excluding hydrogens is 241 g/mol. The lowest BCUT2D eigenvalue weighted by Gasteiger charge is -2.21.